The van der Waals surface area contributed by atoms with Crippen LogP contribution in [0.4, 0.5) is 5.82 Å². The minimum absolute atomic E-state index is 0.184. The topological polar surface area (TPSA) is 66.9 Å². The zero-order valence-corrected chi connectivity index (χ0v) is 13.2. The molecule has 5 nitrogen and oxygen atoms in total. The Balaban J connectivity index is 1.96. The van der Waals surface area contributed by atoms with E-state index in [-0.39, 0.29) is 5.91 Å². The van der Waals surface area contributed by atoms with Gasteiger partial charge in [-0.1, -0.05) is 43.1 Å². The lowest BCUT2D eigenvalue weighted by Crippen LogP contribution is -2.25. The largest absolute Gasteiger partial charge is 0.366 e. The lowest BCUT2D eigenvalue weighted by Gasteiger charge is -2.08. The highest BCUT2D eigenvalue weighted by atomic mass is 35.5. The van der Waals surface area contributed by atoms with Crippen LogP contribution in [-0.2, 0) is 6.54 Å². The number of anilines is 1. The van der Waals surface area contributed by atoms with Gasteiger partial charge in [-0.25, -0.2) is 9.97 Å². The van der Waals surface area contributed by atoms with Crippen molar-refractivity contribution in [3.63, 3.8) is 0 Å². The highest BCUT2D eigenvalue weighted by molar-refractivity contribution is 6.31. The van der Waals surface area contributed by atoms with E-state index in [2.05, 4.69) is 27.5 Å². The number of amides is 1. The van der Waals surface area contributed by atoms with Gasteiger partial charge in [-0.15, -0.1) is 0 Å². The second-order valence-corrected chi connectivity index (χ2v) is 5.25. The summed E-state index contributed by atoms with van der Waals surface area (Å²) in [4.78, 5) is 20.1. The third-order valence-corrected chi connectivity index (χ3v) is 3.50. The molecule has 0 unspecified atom stereocenters. The number of carbonyl (C=O) groups excluding carboxylic acids is 1. The van der Waals surface area contributed by atoms with Gasteiger partial charge >= 0.3 is 0 Å². The predicted octanol–water partition coefficient (Wildman–Crippen LogP) is 3.27. The Morgan fingerprint density at radius 1 is 1.27 bits per heavy atom. The lowest BCUT2D eigenvalue weighted by atomic mass is 10.2. The van der Waals surface area contributed by atoms with Gasteiger partial charge in [0.15, 0.2) is 0 Å². The fourth-order valence-electron chi connectivity index (χ4n) is 1.87. The first kappa shape index (κ1) is 16.2. The molecule has 0 fully saturated rings. The van der Waals surface area contributed by atoms with Gasteiger partial charge in [-0.05, 0) is 18.1 Å². The maximum Gasteiger partial charge on any atom is 0.270 e. The summed E-state index contributed by atoms with van der Waals surface area (Å²) in [5.74, 6) is 0.409. The van der Waals surface area contributed by atoms with Crippen molar-refractivity contribution in [3.05, 3.63) is 52.9 Å². The minimum Gasteiger partial charge on any atom is -0.366 e. The summed E-state index contributed by atoms with van der Waals surface area (Å²) in [6, 6.07) is 9.23. The van der Waals surface area contributed by atoms with Gasteiger partial charge in [0, 0.05) is 24.2 Å². The monoisotopic (exact) mass is 318 g/mol. The van der Waals surface area contributed by atoms with Gasteiger partial charge in [0.1, 0.15) is 17.8 Å². The summed E-state index contributed by atoms with van der Waals surface area (Å²) in [5, 5.41) is 6.68. The average Bonchev–Trinajstić information content (AvgIpc) is 2.54. The van der Waals surface area contributed by atoms with Crippen LogP contribution in [0.1, 0.15) is 35.8 Å². The fourth-order valence-corrected chi connectivity index (χ4v) is 2.08. The molecule has 1 heterocycles. The number of rotatable bonds is 7. The van der Waals surface area contributed by atoms with E-state index in [1.807, 2.05) is 24.3 Å². The van der Waals surface area contributed by atoms with Crippen molar-refractivity contribution in [2.24, 2.45) is 0 Å². The van der Waals surface area contributed by atoms with Gasteiger partial charge in [0.25, 0.3) is 5.91 Å². The van der Waals surface area contributed by atoms with E-state index in [4.69, 9.17) is 11.6 Å². The molecule has 0 saturated carbocycles. The zero-order valence-electron chi connectivity index (χ0n) is 12.5. The Morgan fingerprint density at radius 3 is 2.86 bits per heavy atom. The van der Waals surface area contributed by atoms with Crippen molar-refractivity contribution in [2.75, 3.05) is 11.9 Å². The van der Waals surface area contributed by atoms with Gasteiger partial charge in [-0.3, -0.25) is 4.79 Å². The normalized spacial score (nSPS) is 10.3. The number of hydrogen-bond donors (Lipinski definition) is 2. The van der Waals surface area contributed by atoms with Crippen LogP contribution in [0.3, 0.4) is 0 Å². The molecule has 2 N–H and O–H groups in total. The first-order valence-electron chi connectivity index (χ1n) is 7.28. The van der Waals surface area contributed by atoms with E-state index in [1.54, 1.807) is 6.07 Å². The Labute approximate surface area is 135 Å². The summed E-state index contributed by atoms with van der Waals surface area (Å²) in [5.41, 5.74) is 1.32. The van der Waals surface area contributed by atoms with E-state index in [0.29, 0.717) is 29.6 Å². The third-order valence-electron chi connectivity index (χ3n) is 3.13. The molecule has 0 atom stereocenters. The SMILES string of the molecule is CCCCNC(=O)c1cc(NCc2ccccc2Cl)ncn1. The second kappa shape index (κ2) is 8.34. The quantitative estimate of drug-likeness (QED) is 0.769. The number of hydrogen-bond acceptors (Lipinski definition) is 4. The first-order chi connectivity index (χ1) is 10.7. The minimum atomic E-state index is -0.184. The Morgan fingerprint density at radius 2 is 2.09 bits per heavy atom. The van der Waals surface area contributed by atoms with Crippen LogP contribution in [0.15, 0.2) is 36.7 Å². The average molecular weight is 319 g/mol. The van der Waals surface area contributed by atoms with E-state index >= 15 is 0 Å². The highest BCUT2D eigenvalue weighted by Gasteiger charge is 2.08. The summed E-state index contributed by atoms with van der Waals surface area (Å²) in [7, 11) is 0. The molecular weight excluding hydrogens is 300 g/mol. The van der Waals surface area contributed by atoms with Gasteiger partial charge in [0.2, 0.25) is 0 Å². The van der Waals surface area contributed by atoms with Crippen LogP contribution in [0.5, 0.6) is 0 Å². The molecule has 1 aromatic heterocycles. The molecule has 0 radical (unpaired) electrons. The number of benzene rings is 1. The molecule has 0 spiro atoms. The molecule has 1 aromatic carbocycles. The van der Waals surface area contributed by atoms with E-state index in [9.17, 15) is 4.79 Å². The molecular formula is C16H19ClN4O. The van der Waals surface area contributed by atoms with Crippen LogP contribution in [0.25, 0.3) is 0 Å². The Kier molecular flexibility index (Phi) is 6.15. The van der Waals surface area contributed by atoms with Crippen LogP contribution < -0.4 is 10.6 Å². The number of aromatic nitrogens is 2. The smallest absolute Gasteiger partial charge is 0.270 e. The Bertz CT molecular complexity index is 633. The summed E-state index contributed by atoms with van der Waals surface area (Å²) >= 11 is 6.11. The molecule has 0 aliphatic carbocycles. The fraction of sp³-hybridized carbons (Fsp3) is 0.312. The van der Waals surface area contributed by atoms with Crippen molar-refractivity contribution < 1.29 is 4.79 Å². The van der Waals surface area contributed by atoms with Gasteiger partial charge in [0.05, 0.1) is 0 Å². The van der Waals surface area contributed by atoms with E-state index in [1.165, 1.54) is 6.33 Å². The third kappa shape index (κ3) is 4.70. The van der Waals surface area contributed by atoms with E-state index < -0.39 is 0 Å². The molecule has 116 valence electrons. The standard InChI is InChI=1S/C16H19ClN4O/c1-2-3-8-18-16(22)14-9-15(21-11-20-14)19-10-12-6-4-5-7-13(12)17/h4-7,9,11H,2-3,8,10H2,1H3,(H,18,22)(H,19,20,21). The number of halogens is 1. The molecule has 2 aromatic rings. The van der Waals surface area contributed by atoms with Crippen LogP contribution in [-0.4, -0.2) is 22.4 Å². The molecule has 0 aliphatic heterocycles. The van der Waals surface area contributed by atoms with Crippen LogP contribution in [0, 0.1) is 0 Å². The Hall–Kier alpha value is -2.14. The number of nitrogens with zero attached hydrogens (tertiary/aromatic N) is 2. The van der Waals surface area contributed by atoms with Crippen molar-refractivity contribution in [1.82, 2.24) is 15.3 Å². The van der Waals surface area contributed by atoms with Gasteiger partial charge in [-0.2, -0.15) is 0 Å². The van der Waals surface area contributed by atoms with E-state index in [0.717, 1.165) is 18.4 Å². The van der Waals surface area contributed by atoms with Crippen molar-refractivity contribution in [2.45, 2.75) is 26.3 Å². The lowest BCUT2D eigenvalue weighted by molar-refractivity contribution is 0.0948. The molecule has 0 saturated heterocycles. The number of carbonyl (C=O) groups is 1. The molecule has 6 heteroatoms. The maximum absolute atomic E-state index is 11.9. The van der Waals surface area contributed by atoms with Crippen molar-refractivity contribution in [1.29, 1.82) is 0 Å². The van der Waals surface area contributed by atoms with Gasteiger partial charge < -0.3 is 10.6 Å². The van der Waals surface area contributed by atoms with Crippen LogP contribution >= 0.6 is 11.6 Å². The van der Waals surface area contributed by atoms with Crippen LogP contribution in [0.2, 0.25) is 5.02 Å². The number of unbranched alkanes of at least 4 members (excludes halogenated alkanes) is 1. The number of nitrogens with one attached hydrogen (secondary N) is 2. The summed E-state index contributed by atoms with van der Waals surface area (Å²) in [6.45, 7) is 3.27. The molecule has 22 heavy (non-hydrogen) atoms. The molecule has 0 bridgehead atoms. The molecule has 2 rings (SSSR count). The van der Waals surface area contributed by atoms with Crippen molar-refractivity contribution in [3.8, 4) is 0 Å². The molecule has 1 amide bonds. The molecule has 0 aliphatic rings. The maximum atomic E-state index is 11.9. The second-order valence-electron chi connectivity index (χ2n) is 4.84. The summed E-state index contributed by atoms with van der Waals surface area (Å²) in [6.07, 6.45) is 3.37. The summed E-state index contributed by atoms with van der Waals surface area (Å²) < 4.78 is 0. The highest BCUT2D eigenvalue weighted by Crippen LogP contribution is 2.16. The predicted molar refractivity (Wildman–Crippen MR) is 88.1 cm³/mol. The first-order valence-corrected chi connectivity index (χ1v) is 7.66. The zero-order chi connectivity index (χ0) is 15.8. The van der Waals surface area contributed by atoms with Crippen molar-refractivity contribution >= 4 is 23.3 Å².